The fraction of sp³-hybridized carbons (Fsp3) is 1.00. The average Bonchev–Trinajstić information content (AvgIpc) is 2.32. The third-order valence-electron chi connectivity index (χ3n) is 2.66. The fourth-order valence-corrected chi connectivity index (χ4v) is 4.42. The van der Waals surface area contributed by atoms with Gasteiger partial charge in [-0.3, -0.25) is 0 Å². The molecule has 0 aromatic rings. The van der Waals surface area contributed by atoms with Crippen LogP contribution in [0.15, 0.2) is 0 Å². The third kappa shape index (κ3) is 7.29. The van der Waals surface area contributed by atoms with Crippen molar-refractivity contribution >= 4 is 8.80 Å². The van der Waals surface area contributed by atoms with Gasteiger partial charge in [-0.1, -0.05) is 26.2 Å². The maximum Gasteiger partial charge on any atom is 0.507 e. The molecule has 0 radical (unpaired) electrons. The first-order valence-electron chi connectivity index (χ1n) is 7.10. The van der Waals surface area contributed by atoms with Gasteiger partial charge in [-0.05, 0) is 20.3 Å². The summed E-state index contributed by atoms with van der Waals surface area (Å²) in [5.74, 6) is 0. The van der Waals surface area contributed by atoms with E-state index < -0.39 is 27.4 Å². The molecule has 0 aromatic heterocycles. The van der Waals surface area contributed by atoms with Gasteiger partial charge in [-0.25, -0.2) is 4.39 Å². The van der Waals surface area contributed by atoms with Crippen molar-refractivity contribution in [3.63, 3.8) is 0 Å². The number of halogens is 6. The molecule has 10 heteroatoms. The maximum absolute atomic E-state index is 13.2. The van der Waals surface area contributed by atoms with Gasteiger partial charge in [-0.15, -0.1) is 0 Å². The van der Waals surface area contributed by atoms with Crippen molar-refractivity contribution < 1.29 is 39.6 Å². The Morgan fingerprint density at radius 3 is 2.00 bits per heavy atom. The lowest BCUT2D eigenvalue weighted by Crippen LogP contribution is -2.55. The topological polar surface area (TPSA) is 27.7 Å². The largest absolute Gasteiger partial charge is 0.507 e. The van der Waals surface area contributed by atoms with Gasteiger partial charge in [0.05, 0.1) is 0 Å². The van der Waals surface area contributed by atoms with Gasteiger partial charge in [0.15, 0.2) is 6.36 Å². The minimum atomic E-state index is -5.92. The summed E-state index contributed by atoms with van der Waals surface area (Å²) in [6.45, 7) is 3.94. The predicted molar refractivity (Wildman–Crippen MR) is 70.1 cm³/mol. The van der Waals surface area contributed by atoms with E-state index in [2.05, 4.69) is 8.85 Å². The van der Waals surface area contributed by atoms with Gasteiger partial charge >= 0.3 is 21.1 Å². The first-order valence-corrected chi connectivity index (χ1v) is 9.03. The van der Waals surface area contributed by atoms with Crippen molar-refractivity contribution in [1.82, 2.24) is 0 Å². The highest BCUT2D eigenvalue weighted by Gasteiger charge is 2.65. The summed E-state index contributed by atoms with van der Waals surface area (Å²) in [5.41, 5.74) is 0. The van der Waals surface area contributed by atoms with E-state index in [1.807, 2.05) is 6.92 Å². The molecule has 0 aliphatic rings. The van der Waals surface area contributed by atoms with Crippen molar-refractivity contribution in [3.8, 4) is 0 Å². The number of rotatable bonds is 11. The Kier molecular flexibility index (Phi) is 8.96. The second kappa shape index (κ2) is 9.09. The monoisotopic (exact) mass is 356 g/mol. The molecule has 3 nitrogen and oxygen atoms in total. The second-order valence-electron chi connectivity index (χ2n) is 4.70. The zero-order chi connectivity index (χ0) is 17.4. The smallest absolute Gasteiger partial charge is 0.374 e. The molecule has 2 atom stereocenters. The lowest BCUT2D eigenvalue weighted by Gasteiger charge is -2.33. The summed E-state index contributed by atoms with van der Waals surface area (Å²) < 4.78 is 89.9. The first kappa shape index (κ1) is 21.7. The molecule has 0 heterocycles. The number of hydrogen-bond acceptors (Lipinski definition) is 3. The van der Waals surface area contributed by atoms with E-state index in [-0.39, 0.29) is 19.1 Å². The van der Waals surface area contributed by atoms with E-state index in [1.165, 1.54) is 6.92 Å². The molecule has 134 valence electrons. The molecule has 0 aliphatic carbocycles. The molecule has 0 bridgehead atoms. The molecule has 0 N–H and O–H groups in total. The summed E-state index contributed by atoms with van der Waals surface area (Å²) in [5, 5.41) is 0. The summed E-state index contributed by atoms with van der Waals surface area (Å²) in [4.78, 5) is 0. The average molecular weight is 356 g/mol. The summed E-state index contributed by atoms with van der Waals surface area (Å²) in [7, 11) is -4.50. The van der Waals surface area contributed by atoms with Crippen LogP contribution in [0.3, 0.4) is 0 Å². The standard InChI is InChI=1S/C12H22F6O3Si/c1-4-6-7-8-9-22(19-5-2,20-10(3)13)21-12(17,18)11(14,15)16/h10H,4-9H2,1-3H3. The number of alkyl halides is 6. The summed E-state index contributed by atoms with van der Waals surface area (Å²) in [6, 6.07) is -0.305. The van der Waals surface area contributed by atoms with Crippen LogP contribution in [-0.4, -0.2) is 34.1 Å². The first-order chi connectivity index (χ1) is 9.99. The van der Waals surface area contributed by atoms with Crippen molar-refractivity contribution in [1.29, 1.82) is 0 Å². The van der Waals surface area contributed by atoms with E-state index >= 15 is 0 Å². The van der Waals surface area contributed by atoms with Crippen LogP contribution in [-0.2, 0) is 13.3 Å². The molecule has 0 fully saturated rings. The van der Waals surface area contributed by atoms with E-state index in [4.69, 9.17) is 4.43 Å². The minimum Gasteiger partial charge on any atom is -0.374 e. The fourth-order valence-electron chi connectivity index (χ4n) is 1.76. The van der Waals surface area contributed by atoms with Gasteiger partial charge in [0.2, 0.25) is 0 Å². The molecule has 0 aromatic carbocycles. The molecular weight excluding hydrogens is 334 g/mol. The Labute approximate surface area is 127 Å². The summed E-state index contributed by atoms with van der Waals surface area (Å²) >= 11 is 0. The Morgan fingerprint density at radius 2 is 1.59 bits per heavy atom. The van der Waals surface area contributed by atoms with Crippen LogP contribution < -0.4 is 0 Å². The number of unbranched alkanes of at least 4 members (excludes halogenated alkanes) is 3. The highest BCUT2D eigenvalue weighted by atomic mass is 28.4. The zero-order valence-electron chi connectivity index (χ0n) is 12.8. The molecule has 0 saturated carbocycles. The molecule has 22 heavy (non-hydrogen) atoms. The maximum atomic E-state index is 13.2. The van der Waals surface area contributed by atoms with Crippen LogP contribution in [0, 0.1) is 0 Å². The lowest BCUT2D eigenvalue weighted by molar-refractivity contribution is -0.374. The van der Waals surface area contributed by atoms with Crippen LogP contribution >= 0.6 is 0 Å². The Hall–Kier alpha value is -0.323. The van der Waals surface area contributed by atoms with Crippen LogP contribution in [0.25, 0.3) is 0 Å². The van der Waals surface area contributed by atoms with Gasteiger partial charge in [0.25, 0.3) is 0 Å². The number of hydrogen-bond donors (Lipinski definition) is 0. The van der Waals surface area contributed by atoms with Crippen molar-refractivity contribution in [2.24, 2.45) is 0 Å². The van der Waals surface area contributed by atoms with E-state index in [0.717, 1.165) is 19.8 Å². The van der Waals surface area contributed by atoms with Crippen molar-refractivity contribution in [2.45, 2.75) is 71.1 Å². The van der Waals surface area contributed by atoms with Gasteiger partial charge in [-0.2, -0.15) is 22.0 Å². The van der Waals surface area contributed by atoms with E-state index in [0.29, 0.717) is 6.42 Å². The van der Waals surface area contributed by atoms with Crippen molar-refractivity contribution in [3.05, 3.63) is 0 Å². The minimum absolute atomic E-state index is 0.222. The lowest BCUT2D eigenvalue weighted by atomic mass is 10.2. The zero-order valence-corrected chi connectivity index (χ0v) is 13.8. The summed E-state index contributed by atoms with van der Waals surface area (Å²) in [6.07, 6.45) is -11.0. The highest BCUT2D eigenvalue weighted by Crippen LogP contribution is 2.40. The van der Waals surface area contributed by atoms with Gasteiger partial charge in [0, 0.05) is 12.7 Å². The molecule has 0 saturated heterocycles. The SMILES string of the molecule is CCCCCC[Si](OCC)(OC(C)F)OC(F)(F)C(F)(F)F. The third-order valence-corrected chi connectivity index (χ3v) is 5.60. The van der Waals surface area contributed by atoms with Crippen LogP contribution in [0.4, 0.5) is 26.3 Å². The predicted octanol–water partition coefficient (Wildman–Crippen LogP) is 5.05. The van der Waals surface area contributed by atoms with Crippen LogP contribution in [0.2, 0.25) is 6.04 Å². The highest BCUT2D eigenvalue weighted by molar-refractivity contribution is 6.60. The molecule has 0 spiro atoms. The van der Waals surface area contributed by atoms with E-state index in [1.54, 1.807) is 0 Å². The van der Waals surface area contributed by atoms with E-state index in [9.17, 15) is 26.3 Å². The van der Waals surface area contributed by atoms with Gasteiger partial charge < -0.3 is 13.3 Å². The van der Waals surface area contributed by atoms with Gasteiger partial charge in [0.1, 0.15) is 0 Å². The second-order valence-corrected chi connectivity index (χ2v) is 7.30. The Bertz CT molecular complexity index is 314. The quantitative estimate of drug-likeness (QED) is 0.295. The van der Waals surface area contributed by atoms with Crippen LogP contribution in [0.5, 0.6) is 0 Å². The Morgan fingerprint density at radius 1 is 1.00 bits per heavy atom. The molecule has 0 rings (SSSR count). The van der Waals surface area contributed by atoms with Crippen molar-refractivity contribution in [2.75, 3.05) is 6.61 Å². The Balaban J connectivity index is 5.17. The normalized spacial score (nSPS) is 17.3. The molecule has 2 unspecified atom stereocenters. The molecule has 0 aliphatic heterocycles. The molecule has 0 amide bonds. The molecular formula is C12H22F6O3Si. The van der Waals surface area contributed by atoms with Crippen LogP contribution in [0.1, 0.15) is 46.5 Å².